The summed E-state index contributed by atoms with van der Waals surface area (Å²) in [6.45, 7) is 3.61. The van der Waals surface area contributed by atoms with Gasteiger partial charge in [-0.2, -0.15) is 18.2 Å². The molecule has 4 rings (SSSR count). The van der Waals surface area contributed by atoms with Gasteiger partial charge in [0.1, 0.15) is 5.75 Å². The number of aromatic nitrogens is 2. The highest BCUT2D eigenvalue weighted by molar-refractivity contribution is 5.93. The van der Waals surface area contributed by atoms with Crippen molar-refractivity contribution in [3.8, 4) is 17.1 Å². The van der Waals surface area contributed by atoms with Crippen molar-refractivity contribution in [3.05, 3.63) is 60.0 Å². The van der Waals surface area contributed by atoms with Crippen LogP contribution in [-0.4, -0.2) is 47.2 Å². The normalized spacial score (nSPS) is 14.8. The van der Waals surface area contributed by atoms with Crippen molar-refractivity contribution in [2.24, 2.45) is 0 Å². The molecule has 2 heterocycles. The van der Waals surface area contributed by atoms with Crippen LogP contribution in [0, 0.1) is 0 Å². The van der Waals surface area contributed by atoms with Crippen LogP contribution in [0.4, 0.5) is 18.9 Å². The fraction of sp³-hybridized carbons (Fsp3) is 0.318. The SMILES string of the molecule is CCOc1ccccc1NC(=O)CN1CC(c2nc(-c3cccc(C(F)(F)F)c3)no2)C1. The topological polar surface area (TPSA) is 80.5 Å². The van der Waals surface area contributed by atoms with Gasteiger partial charge in [0.15, 0.2) is 0 Å². The molecule has 0 atom stereocenters. The van der Waals surface area contributed by atoms with Gasteiger partial charge in [-0.3, -0.25) is 9.69 Å². The summed E-state index contributed by atoms with van der Waals surface area (Å²) in [6, 6.07) is 12.0. The van der Waals surface area contributed by atoms with E-state index < -0.39 is 11.7 Å². The molecular formula is C22H21F3N4O3. The molecule has 7 nitrogen and oxygen atoms in total. The molecule has 1 N–H and O–H groups in total. The number of rotatable bonds is 7. The van der Waals surface area contributed by atoms with Crippen LogP contribution in [-0.2, 0) is 11.0 Å². The maximum atomic E-state index is 12.9. The third-order valence-corrected chi connectivity index (χ3v) is 5.02. The molecule has 168 valence electrons. The third kappa shape index (κ3) is 4.91. The summed E-state index contributed by atoms with van der Waals surface area (Å²) in [5.74, 6) is 0.805. The molecule has 1 aliphatic heterocycles. The van der Waals surface area contributed by atoms with Gasteiger partial charge in [-0.25, -0.2) is 0 Å². The number of carbonyl (C=O) groups excluding carboxylic acids is 1. The summed E-state index contributed by atoms with van der Waals surface area (Å²) in [5.41, 5.74) is 0.0745. The predicted octanol–water partition coefficient (Wildman–Crippen LogP) is 4.19. The second-order valence-electron chi connectivity index (χ2n) is 7.40. The van der Waals surface area contributed by atoms with Crippen LogP contribution in [0.3, 0.4) is 0 Å². The van der Waals surface area contributed by atoms with Crippen molar-refractivity contribution in [2.75, 3.05) is 31.6 Å². The number of alkyl halides is 3. The highest BCUT2D eigenvalue weighted by Gasteiger charge is 2.34. The predicted molar refractivity (Wildman–Crippen MR) is 110 cm³/mol. The zero-order valence-electron chi connectivity index (χ0n) is 17.2. The lowest BCUT2D eigenvalue weighted by atomic mass is 10.0. The van der Waals surface area contributed by atoms with Crippen molar-refractivity contribution in [1.82, 2.24) is 15.0 Å². The first-order valence-electron chi connectivity index (χ1n) is 10.1. The molecule has 10 heteroatoms. The summed E-state index contributed by atoms with van der Waals surface area (Å²) in [5, 5.41) is 6.66. The molecule has 1 aliphatic rings. The first-order chi connectivity index (χ1) is 15.3. The highest BCUT2D eigenvalue weighted by Crippen LogP contribution is 2.32. The first-order valence-corrected chi connectivity index (χ1v) is 10.1. The van der Waals surface area contributed by atoms with Gasteiger partial charge in [-0.15, -0.1) is 0 Å². The number of para-hydroxylation sites is 2. The number of likely N-dealkylation sites (tertiary alicyclic amines) is 1. The van der Waals surface area contributed by atoms with E-state index in [-0.39, 0.29) is 29.8 Å². The summed E-state index contributed by atoms with van der Waals surface area (Å²) in [7, 11) is 0. The average molecular weight is 446 g/mol. The molecule has 0 saturated carbocycles. The van der Waals surface area contributed by atoms with Gasteiger partial charge in [-0.1, -0.05) is 29.4 Å². The van der Waals surface area contributed by atoms with E-state index in [0.29, 0.717) is 37.0 Å². The van der Waals surface area contributed by atoms with E-state index in [2.05, 4.69) is 15.5 Å². The van der Waals surface area contributed by atoms with Crippen LogP contribution in [0.15, 0.2) is 53.1 Å². The van der Waals surface area contributed by atoms with Crippen LogP contribution in [0.25, 0.3) is 11.4 Å². The number of nitrogens with one attached hydrogen (secondary N) is 1. The molecule has 0 spiro atoms. The number of hydrogen-bond acceptors (Lipinski definition) is 6. The fourth-order valence-corrected chi connectivity index (χ4v) is 3.45. The molecule has 0 aliphatic carbocycles. The van der Waals surface area contributed by atoms with Crippen molar-refractivity contribution < 1.29 is 27.2 Å². The summed E-state index contributed by atoms with van der Waals surface area (Å²) in [6.07, 6.45) is -4.44. The van der Waals surface area contributed by atoms with Crippen molar-refractivity contribution >= 4 is 11.6 Å². The molecule has 1 amide bonds. The lowest BCUT2D eigenvalue weighted by Gasteiger charge is -2.36. The van der Waals surface area contributed by atoms with E-state index >= 15 is 0 Å². The Kier molecular flexibility index (Phi) is 6.13. The van der Waals surface area contributed by atoms with E-state index in [9.17, 15) is 18.0 Å². The molecule has 0 radical (unpaired) electrons. The Morgan fingerprint density at radius 3 is 2.75 bits per heavy atom. The number of nitrogens with zero attached hydrogens (tertiary/aromatic N) is 3. The van der Waals surface area contributed by atoms with Crippen LogP contribution < -0.4 is 10.1 Å². The van der Waals surface area contributed by atoms with E-state index in [1.165, 1.54) is 12.1 Å². The van der Waals surface area contributed by atoms with Gasteiger partial charge < -0.3 is 14.6 Å². The van der Waals surface area contributed by atoms with E-state index in [4.69, 9.17) is 9.26 Å². The smallest absolute Gasteiger partial charge is 0.416 e. The van der Waals surface area contributed by atoms with E-state index in [0.717, 1.165) is 12.1 Å². The van der Waals surface area contributed by atoms with Gasteiger partial charge >= 0.3 is 6.18 Å². The number of hydrogen-bond donors (Lipinski definition) is 1. The number of ether oxygens (including phenoxy) is 1. The number of halogens is 3. The second-order valence-corrected chi connectivity index (χ2v) is 7.40. The van der Waals surface area contributed by atoms with Crippen molar-refractivity contribution in [1.29, 1.82) is 0 Å². The molecule has 0 bridgehead atoms. The minimum atomic E-state index is -4.44. The molecule has 1 fully saturated rings. The minimum absolute atomic E-state index is 0.0782. The number of anilines is 1. The van der Waals surface area contributed by atoms with Crippen LogP contribution in [0.1, 0.15) is 24.3 Å². The Bertz CT molecular complexity index is 1090. The quantitative estimate of drug-likeness (QED) is 0.586. The molecule has 1 aromatic heterocycles. The molecule has 3 aromatic rings. The zero-order valence-corrected chi connectivity index (χ0v) is 17.2. The monoisotopic (exact) mass is 446 g/mol. The minimum Gasteiger partial charge on any atom is -0.492 e. The van der Waals surface area contributed by atoms with E-state index in [1.807, 2.05) is 24.0 Å². The van der Waals surface area contributed by atoms with Crippen LogP contribution >= 0.6 is 0 Å². The average Bonchev–Trinajstić information content (AvgIpc) is 3.21. The Balaban J connectivity index is 1.32. The third-order valence-electron chi connectivity index (χ3n) is 5.02. The molecule has 0 unspecified atom stereocenters. The van der Waals surface area contributed by atoms with Gasteiger partial charge in [-0.05, 0) is 31.2 Å². The largest absolute Gasteiger partial charge is 0.492 e. The maximum absolute atomic E-state index is 12.9. The highest BCUT2D eigenvalue weighted by atomic mass is 19.4. The lowest BCUT2D eigenvalue weighted by molar-refractivity contribution is -0.137. The molecule has 32 heavy (non-hydrogen) atoms. The van der Waals surface area contributed by atoms with Gasteiger partial charge in [0.05, 0.1) is 30.3 Å². The zero-order chi connectivity index (χ0) is 22.7. The number of carbonyl (C=O) groups is 1. The standard InChI is InChI=1S/C22H21F3N4O3/c1-2-31-18-9-4-3-8-17(18)26-19(30)13-29-11-15(12-29)21-27-20(28-32-21)14-6-5-7-16(10-14)22(23,24)25/h3-10,15H,2,11-13H2,1H3,(H,26,30). The van der Waals surface area contributed by atoms with Crippen molar-refractivity contribution in [2.45, 2.75) is 19.0 Å². The molecular weight excluding hydrogens is 425 g/mol. The Morgan fingerprint density at radius 1 is 1.22 bits per heavy atom. The number of benzene rings is 2. The molecule has 1 saturated heterocycles. The van der Waals surface area contributed by atoms with E-state index in [1.54, 1.807) is 12.1 Å². The number of amides is 1. The summed E-state index contributed by atoms with van der Waals surface area (Å²) >= 11 is 0. The van der Waals surface area contributed by atoms with Gasteiger partial charge in [0, 0.05) is 18.7 Å². The fourth-order valence-electron chi connectivity index (χ4n) is 3.45. The second kappa shape index (κ2) is 8.99. The van der Waals surface area contributed by atoms with Crippen LogP contribution in [0.2, 0.25) is 0 Å². The Labute approximate surface area is 182 Å². The lowest BCUT2D eigenvalue weighted by Crippen LogP contribution is -2.48. The van der Waals surface area contributed by atoms with Crippen molar-refractivity contribution in [3.63, 3.8) is 0 Å². The maximum Gasteiger partial charge on any atom is 0.416 e. The summed E-state index contributed by atoms with van der Waals surface area (Å²) < 4.78 is 49.5. The van der Waals surface area contributed by atoms with Crippen LogP contribution in [0.5, 0.6) is 5.75 Å². The summed E-state index contributed by atoms with van der Waals surface area (Å²) in [4.78, 5) is 18.5. The first kappa shape index (κ1) is 21.8. The Hall–Kier alpha value is -3.40. The Morgan fingerprint density at radius 2 is 2.00 bits per heavy atom. The van der Waals surface area contributed by atoms with Gasteiger partial charge in [0.2, 0.25) is 17.6 Å². The van der Waals surface area contributed by atoms with Gasteiger partial charge in [0.25, 0.3) is 0 Å². The molecule has 2 aromatic carbocycles.